The second-order valence-corrected chi connectivity index (χ2v) is 10.4. The summed E-state index contributed by atoms with van der Waals surface area (Å²) in [5.41, 5.74) is 3.62. The molecule has 140 valence electrons. The molecule has 4 rings (SSSR count). The summed E-state index contributed by atoms with van der Waals surface area (Å²) in [6.45, 7) is 5.51. The van der Waals surface area contributed by atoms with Crippen LogP contribution in [0, 0.1) is 0 Å². The van der Waals surface area contributed by atoms with Gasteiger partial charge in [-0.1, -0.05) is 18.2 Å². The topological polar surface area (TPSA) is 80.0 Å². The summed E-state index contributed by atoms with van der Waals surface area (Å²) in [6, 6.07) is 15.6. The van der Waals surface area contributed by atoms with Crippen molar-refractivity contribution in [2.24, 2.45) is 0 Å². The Morgan fingerprint density at radius 3 is 2.52 bits per heavy atom. The van der Waals surface area contributed by atoms with E-state index in [4.69, 9.17) is 9.05 Å². The lowest BCUT2D eigenvalue weighted by Gasteiger charge is -2.28. The molecular weight excluding hydrogens is 361 g/mol. The lowest BCUT2D eigenvalue weighted by molar-refractivity contribution is 0.298. The molecule has 0 radical (unpaired) electrons. The minimum atomic E-state index is -3.31. The largest absolute Gasteiger partial charge is 0.424 e. The number of fused-ring (bicyclic) bond motifs is 2. The van der Waals surface area contributed by atoms with E-state index in [1.807, 2.05) is 51.1 Å². The zero-order chi connectivity index (χ0) is 19.2. The molecule has 0 amide bonds. The molecule has 7 heteroatoms. The highest BCUT2D eigenvalue weighted by atomic mass is 31.2. The summed E-state index contributed by atoms with van der Waals surface area (Å²) in [7, 11) is -1.90. The van der Waals surface area contributed by atoms with Crippen molar-refractivity contribution < 1.29 is 13.6 Å². The second kappa shape index (κ2) is 6.25. The van der Waals surface area contributed by atoms with Crippen LogP contribution in [-0.4, -0.2) is 27.4 Å². The molecule has 0 saturated heterocycles. The number of benzene rings is 2. The first kappa shape index (κ1) is 17.8. The molecule has 0 aliphatic rings. The third-order valence-electron chi connectivity index (χ3n) is 4.61. The van der Waals surface area contributed by atoms with Crippen molar-refractivity contribution in [2.45, 2.75) is 25.9 Å². The van der Waals surface area contributed by atoms with E-state index in [1.165, 1.54) is 7.11 Å². The molecule has 2 heterocycles. The van der Waals surface area contributed by atoms with Crippen molar-refractivity contribution >= 4 is 29.4 Å². The first-order valence-electron chi connectivity index (χ1n) is 8.72. The van der Waals surface area contributed by atoms with E-state index in [0.717, 1.165) is 33.2 Å². The van der Waals surface area contributed by atoms with Crippen LogP contribution in [0.4, 0.5) is 0 Å². The van der Waals surface area contributed by atoms with Gasteiger partial charge in [-0.05, 0) is 51.1 Å². The van der Waals surface area contributed by atoms with Crippen molar-refractivity contribution in [3.05, 3.63) is 48.5 Å². The quantitative estimate of drug-likeness (QED) is 0.441. The molecule has 0 aliphatic carbocycles. The molecule has 1 unspecified atom stereocenters. The highest BCUT2D eigenvalue weighted by Crippen LogP contribution is 2.58. The average Bonchev–Trinajstić information content (AvgIpc) is 3.23. The molecule has 0 bridgehead atoms. The Morgan fingerprint density at radius 1 is 1.04 bits per heavy atom. The van der Waals surface area contributed by atoms with Crippen molar-refractivity contribution in [1.82, 2.24) is 15.2 Å². The van der Waals surface area contributed by atoms with E-state index in [-0.39, 0.29) is 0 Å². The van der Waals surface area contributed by atoms with E-state index in [9.17, 15) is 4.57 Å². The van der Waals surface area contributed by atoms with Crippen molar-refractivity contribution in [3.63, 3.8) is 0 Å². The van der Waals surface area contributed by atoms with Crippen LogP contribution in [-0.2, 0) is 9.09 Å². The van der Waals surface area contributed by atoms with E-state index in [2.05, 4.69) is 27.3 Å². The van der Waals surface area contributed by atoms with Gasteiger partial charge in [0.15, 0.2) is 0 Å². The Morgan fingerprint density at radius 2 is 1.81 bits per heavy atom. The Balaban J connectivity index is 1.78. The highest BCUT2D eigenvalue weighted by Gasteiger charge is 2.40. The van der Waals surface area contributed by atoms with Gasteiger partial charge >= 0.3 is 7.60 Å². The van der Waals surface area contributed by atoms with Crippen LogP contribution in [0.25, 0.3) is 33.2 Å². The minimum absolute atomic E-state index is 0.487. The molecular formula is C20H22N3O3P. The Kier molecular flexibility index (Phi) is 4.13. The Labute approximate surface area is 157 Å². The molecule has 6 nitrogen and oxygen atoms in total. The molecule has 27 heavy (non-hydrogen) atoms. The first-order valence-corrected chi connectivity index (χ1v) is 10.3. The molecule has 2 N–H and O–H groups in total. The highest BCUT2D eigenvalue weighted by molar-refractivity contribution is 7.55. The molecule has 4 aromatic rings. The van der Waals surface area contributed by atoms with Gasteiger partial charge in [0.25, 0.3) is 0 Å². The number of rotatable bonds is 4. The normalized spacial score (nSPS) is 14.5. The van der Waals surface area contributed by atoms with Crippen LogP contribution in [0.3, 0.4) is 0 Å². The van der Waals surface area contributed by atoms with Gasteiger partial charge in [-0.25, -0.2) is 4.57 Å². The number of H-pyrrole nitrogens is 2. The summed E-state index contributed by atoms with van der Waals surface area (Å²) in [6.07, 6.45) is 0. The van der Waals surface area contributed by atoms with Crippen LogP contribution in [0.2, 0.25) is 0 Å². The molecule has 0 saturated carbocycles. The van der Waals surface area contributed by atoms with Gasteiger partial charge < -0.3 is 14.0 Å². The standard InChI is InChI=1S/C20H22N3O3P/c1-20(2,3)27(24,25-4)26-14-9-10-17-15(12-14)19(23-22-17)18-11-13-7-5-6-8-16(13)21-18/h5-12,21H,1-4H3,(H,22,23). The lowest BCUT2D eigenvalue weighted by Crippen LogP contribution is -2.19. The lowest BCUT2D eigenvalue weighted by atomic mass is 10.1. The van der Waals surface area contributed by atoms with Crippen LogP contribution in [0.5, 0.6) is 5.75 Å². The zero-order valence-electron chi connectivity index (χ0n) is 15.7. The fraction of sp³-hybridized carbons (Fsp3) is 0.250. The van der Waals surface area contributed by atoms with E-state index < -0.39 is 12.8 Å². The van der Waals surface area contributed by atoms with E-state index in [0.29, 0.717) is 5.75 Å². The predicted molar refractivity (Wildman–Crippen MR) is 108 cm³/mol. The number of hydrogen-bond acceptors (Lipinski definition) is 4. The van der Waals surface area contributed by atoms with Gasteiger partial charge in [-0.3, -0.25) is 5.10 Å². The number of aromatic nitrogens is 3. The third-order valence-corrected chi connectivity index (χ3v) is 7.18. The molecule has 2 aromatic carbocycles. The maximum absolute atomic E-state index is 13.0. The summed E-state index contributed by atoms with van der Waals surface area (Å²) in [5.74, 6) is 0.487. The maximum atomic E-state index is 13.0. The van der Waals surface area contributed by atoms with Gasteiger partial charge in [0, 0.05) is 23.4 Å². The van der Waals surface area contributed by atoms with E-state index in [1.54, 1.807) is 6.07 Å². The number of aromatic amines is 2. The van der Waals surface area contributed by atoms with Crippen molar-refractivity contribution in [3.8, 4) is 17.1 Å². The fourth-order valence-corrected chi connectivity index (χ4v) is 4.33. The first-order chi connectivity index (χ1) is 12.8. The summed E-state index contributed by atoms with van der Waals surface area (Å²) < 4.78 is 24.1. The average molecular weight is 383 g/mol. The zero-order valence-corrected chi connectivity index (χ0v) is 16.6. The fourth-order valence-electron chi connectivity index (χ4n) is 3.04. The monoisotopic (exact) mass is 383 g/mol. The van der Waals surface area contributed by atoms with Crippen LogP contribution < -0.4 is 4.52 Å². The smallest absolute Gasteiger partial charge is 0.384 e. The van der Waals surface area contributed by atoms with Gasteiger partial charge in [0.1, 0.15) is 11.4 Å². The molecule has 0 spiro atoms. The summed E-state index contributed by atoms with van der Waals surface area (Å²) in [5, 5.41) is 8.87. The van der Waals surface area contributed by atoms with Gasteiger partial charge in [0.05, 0.1) is 16.4 Å². The van der Waals surface area contributed by atoms with Gasteiger partial charge in [-0.15, -0.1) is 0 Å². The number of para-hydroxylation sites is 1. The number of hydrogen-bond donors (Lipinski definition) is 2. The van der Waals surface area contributed by atoms with Crippen LogP contribution in [0.15, 0.2) is 48.5 Å². The van der Waals surface area contributed by atoms with Crippen molar-refractivity contribution in [1.29, 1.82) is 0 Å². The SMILES string of the molecule is COP(=O)(Oc1ccc2[nH]nc(-c3cc4ccccc4[nH]3)c2c1)C(C)(C)C. The van der Waals surface area contributed by atoms with E-state index >= 15 is 0 Å². The maximum Gasteiger partial charge on any atom is 0.384 e. The van der Waals surface area contributed by atoms with Crippen molar-refractivity contribution in [2.75, 3.05) is 7.11 Å². The van der Waals surface area contributed by atoms with Gasteiger partial charge in [-0.2, -0.15) is 5.10 Å². The Bertz CT molecular complexity index is 1140. The Hall–Kier alpha value is -2.56. The van der Waals surface area contributed by atoms with Crippen LogP contribution in [0.1, 0.15) is 20.8 Å². The molecule has 0 fully saturated rings. The summed E-state index contributed by atoms with van der Waals surface area (Å²) in [4.78, 5) is 3.39. The van der Waals surface area contributed by atoms with Crippen LogP contribution >= 0.6 is 7.60 Å². The number of nitrogens with one attached hydrogen (secondary N) is 2. The molecule has 1 atom stereocenters. The number of nitrogens with zero attached hydrogens (tertiary/aromatic N) is 1. The molecule has 2 aromatic heterocycles. The van der Waals surface area contributed by atoms with Gasteiger partial charge in [0.2, 0.25) is 0 Å². The minimum Gasteiger partial charge on any atom is -0.424 e. The third kappa shape index (κ3) is 3.05. The second-order valence-electron chi connectivity index (χ2n) is 7.49. The molecule has 0 aliphatic heterocycles. The summed E-state index contributed by atoms with van der Waals surface area (Å²) >= 11 is 0. The predicted octanol–water partition coefficient (Wildman–Crippen LogP) is 5.73.